The molecule has 0 rings (SSSR count). The van der Waals surface area contributed by atoms with Gasteiger partial charge in [-0.2, -0.15) is 0 Å². The molecule has 0 nitrogen and oxygen atoms in total. The van der Waals surface area contributed by atoms with Crippen LogP contribution in [0.2, 0.25) is 0 Å². The normalized spacial score (nSPS) is 7.92. The summed E-state index contributed by atoms with van der Waals surface area (Å²) in [5.41, 5.74) is 0. The van der Waals surface area contributed by atoms with E-state index in [1.165, 1.54) is 0 Å². The van der Waals surface area contributed by atoms with E-state index >= 15 is 0 Å². The van der Waals surface area contributed by atoms with E-state index in [2.05, 4.69) is 24.3 Å². The van der Waals surface area contributed by atoms with Crippen LogP contribution in [0.1, 0.15) is 38.5 Å². The smallest absolute Gasteiger partial charge is 0.0123 e. The molecule has 0 aliphatic rings. The Balaban J connectivity index is 3.11. The van der Waals surface area contributed by atoms with Crippen molar-refractivity contribution in [3.63, 3.8) is 0 Å². The first-order valence-corrected chi connectivity index (χ1v) is 4.42. The van der Waals surface area contributed by atoms with Crippen molar-refractivity contribution < 1.29 is 0 Å². The molecule has 0 fully saturated rings. The highest BCUT2D eigenvalue weighted by Gasteiger charge is 1.81. The van der Waals surface area contributed by atoms with Gasteiger partial charge in [0, 0.05) is 19.3 Å². The van der Waals surface area contributed by atoms with Crippen molar-refractivity contribution in [2.45, 2.75) is 38.5 Å². The SMILES string of the molecule is C#CCCCCC#CCCC=C. The molecule has 0 aliphatic heterocycles. The zero-order valence-corrected chi connectivity index (χ0v) is 7.60. The second kappa shape index (κ2) is 9.86. The van der Waals surface area contributed by atoms with Gasteiger partial charge in [0.05, 0.1) is 0 Å². The van der Waals surface area contributed by atoms with Gasteiger partial charge in [-0.25, -0.2) is 0 Å². The zero-order chi connectivity index (χ0) is 9.07. The van der Waals surface area contributed by atoms with Crippen LogP contribution in [-0.2, 0) is 0 Å². The number of hydrogen-bond donors (Lipinski definition) is 0. The third kappa shape index (κ3) is 8.86. The lowest BCUT2D eigenvalue weighted by Gasteiger charge is -1.87. The number of allylic oxidation sites excluding steroid dienone is 1. The number of terminal acetylenes is 1. The predicted molar refractivity (Wildman–Crippen MR) is 54.5 cm³/mol. The van der Waals surface area contributed by atoms with Crippen LogP contribution in [0.25, 0.3) is 0 Å². The number of rotatable bonds is 5. The maximum atomic E-state index is 5.11. The minimum absolute atomic E-state index is 0.883. The van der Waals surface area contributed by atoms with Crippen LogP contribution in [0.5, 0.6) is 0 Å². The van der Waals surface area contributed by atoms with Gasteiger partial charge in [0.25, 0.3) is 0 Å². The molecule has 12 heavy (non-hydrogen) atoms. The van der Waals surface area contributed by atoms with E-state index in [1.807, 2.05) is 6.08 Å². The summed E-state index contributed by atoms with van der Waals surface area (Å²) >= 11 is 0. The highest BCUT2D eigenvalue weighted by atomic mass is 13.9. The summed E-state index contributed by atoms with van der Waals surface area (Å²) < 4.78 is 0. The molecular weight excluding hydrogens is 144 g/mol. The van der Waals surface area contributed by atoms with Crippen molar-refractivity contribution in [1.29, 1.82) is 0 Å². The lowest BCUT2D eigenvalue weighted by atomic mass is 10.2. The summed E-state index contributed by atoms with van der Waals surface area (Å²) in [6, 6.07) is 0. The van der Waals surface area contributed by atoms with Gasteiger partial charge in [0.2, 0.25) is 0 Å². The monoisotopic (exact) mass is 160 g/mol. The van der Waals surface area contributed by atoms with Crippen molar-refractivity contribution in [2.24, 2.45) is 0 Å². The molecule has 0 spiro atoms. The molecule has 0 unspecified atom stereocenters. The van der Waals surface area contributed by atoms with E-state index in [4.69, 9.17) is 6.42 Å². The third-order valence-electron chi connectivity index (χ3n) is 1.47. The van der Waals surface area contributed by atoms with E-state index < -0.39 is 0 Å². The van der Waals surface area contributed by atoms with Crippen LogP contribution >= 0.6 is 0 Å². The molecule has 0 heterocycles. The van der Waals surface area contributed by atoms with E-state index in [-0.39, 0.29) is 0 Å². The Hall–Kier alpha value is -1.14. The highest BCUT2D eigenvalue weighted by Crippen LogP contribution is 1.97. The van der Waals surface area contributed by atoms with E-state index in [1.54, 1.807) is 0 Å². The molecule has 0 aliphatic carbocycles. The van der Waals surface area contributed by atoms with Crippen LogP contribution < -0.4 is 0 Å². The summed E-state index contributed by atoms with van der Waals surface area (Å²) in [6.45, 7) is 3.63. The van der Waals surface area contributed by atoms with Crippen LogP contribution in [0.15, 0.2) is 12.7 Å². The maximum Gasteiger partial charge on any atom is 0.0123 e. The van der Waals surface area contributed by atoms with Crippen LogP contribution in [-0.4, -0.2) is 0 Å². The van der Waals surface area contributed by atoms with Gasteiger partial charge in [0.15, 0.2) is 0 Å². The minimum atomic E-state index is 0.883. The maximum absolute atomic E-state index is 5.11. The molecule has 0 aromatic rings. The fourth-order valence-electron chi connectivity index (χ4n) is 0.791. The first-order valence-electron chi connectivity index (χ1n) is 4.42. The minimum Gasteiger partial charge on any atom is -0.120 e. The molecular formula is C12H16. The summed E-state index contributed by atoms with van der Waals surface area (Å²) in [6.07, 6.45) is 13.1. The van der Waals surface area contributed by atoms with E-state index in [0.29, 0.717) is 0 Å². The van der Waals surface area contributed by atoms with Crippen molar-refractivity contribution in [3.8, 4) is 24.2 Å². The Morgan fingerprint density at radius 1 is 1.08 bits per heavy atom. The molecule has 0 saturated carbocycles. The lowest BCUT2D eigenvalue weighted by molar-refractivity contribution is 0.782. The third-order valence-corrected chi connectivity index (χ3v) is 1.47. The Morgan fingerprint density at radius 3 is 2.42 bits per heavy atom. The molecule has 0 heteroatoms. The van der Waals surface area contributed by atoms with Crippen LogP contribution in [0, 0.1) is 24.2 Å². The second-order valence-corrected chi connectivity index (χ2v) is 2.59. The fourth-order valence-corrected chi connectivity index (χ4v) is 0.791. The fraction of sp³-hybridized carbons (Fsp3) is 0.500. The van der Waals surface area contributed by atoms with E-state index in [9.17, 15) is 0 Å². The standard InChI is InChI=1S/C12H16/c1-3-5-7-9-11-12-10-8-6-4-2/h1,4H,2,5-9,11H2. The van der Waals surface area contributed by atoms with Gasteiger partial charge < -0.3 is 0 Å². The van der Waals surface area contributed by atoms with Crippen molar-refractivity contribution in [2.75, 3.05) is 0 Å². The summed E-state index contributed by atoms with van der Waals surface area (Å²) in [7, 11) is 0. The first kappa shape index (κ1) is 10.9. The molecule has 0 aromatic heterocycles. The topological polar surface area (TPSA) is 0 Å². The largest absolute Gasteiger partial charge is 0.120 e. The number of unbranched alkanes of at least 4 members (excludes halogenated alkanes) is 4. The van der Waals surface area contributed by atoms with Gasteiger partial charge in [-0.1, -0.05) is 6.08 Å². The molecule has 0 bridgehead atoms. The molecule has 0 N–H and O–H groups in total. The van der Waals surface area contributed by atoms with Gasteiger partial charge in [-0.3, -0.25) is 0 Å². The molecule has 64 valence electrons. The summed E-state index contributed by atoms with van der Waals surface area (Å²) in [4.78, 5) is 0. The quantitative estimate of drug-likeness (QED) is 0.329. The van der Waals surface area contributed by atoms with Gasteiger partial charge in [-0.15, -0.1) is 30.8 Å². The zero-order valence-electron chi connectivity index (χ0n) is 7.60. The van der Waals surface area contributed by atoms with Gasteiger partial charge in [0.1, 0.15) is 0 Å². The Labute approximate surface area is 76.1 Å². The average Bonchev–Trinajstić information content (AvgIpc) is 2.10. The van der Waals surface area contributed by atoms with Crippen LogP contribution in [0.3, 0.4) is 0 Å². The van der Waals surface area contributed by atoms with E-state index in [0.717, 1.165) is 38.5 Å². The van der Waals surface area contributed by atoms with Crippen molar-refractivity contribution in [1.82, 2.24) is 0 Å². The van der Waals surface area contributed by atoms with Crippen LogP contribution in [0.4, 0.5) is 0 Å². The molecule has 0 aromatic carbocycles. The Kier molecular flexibility index (Phi) is 8.92. The molecule has 0 atom stereocenters. The Morgan fingerprint density at radius 2 is 1.75 bits per heavy atom. The molecule has 0 radical (unpaired) electrons. The molecule has 0 amide bonds. The highest BCUT2D eigenvalue weighted by molar-refractivity contribution is 4.99. The number of hydrogen-bond acceptors (Lipinski definition) is 0. The first-order chi connectivity index (χ1) is 5.91. The summed E-state index contributed by atoms with van der Waals surface area (Å²) in [5, 5.41) is 0. The van der Waals surface area contributed by atoms with Gasteiger partial charge in [-0.05, 0) is 19.3 Å². The summed E-state index contributed by atoms with van der Waals surface area (Å²) in [5.74, 6) is 8.82. The molecule has 0 saturated heterocycles. The Bertz CT molecular complexity index is 194. The van der Waals surface area contributed by atoms with Gasteiger partial charge >= 0.3 is 0 Å². The predicted octanol–water partition coefficient (Wildman–Crippen LogP) is 3.15. The average molecular weight is 160 g/mol. The lowest BCUT2D eigenvalue weighted by Crippen LogP contribution is -1.72. The van der Waals surface area contributed by atoms with Crippen molar-refractivity contribution in [3.05, 3.63) is 12.7 Å². The second-order valence-electron chi connectivity index (χ2n) is 2.59. The van der Waals surface area contributed by atoms with Crippen molar-refractivity contribution >= 4 is 0 Å².